The highest BCUT2D eigenvalue weighted by atomic mass is 32.2. The molecule has 1 saturated heterocycles. The first-order valence-corrected chi connectivity index (χ1v) is 10.2. The van der Waals surface area contributed by atoms with E-state index in [0.29, 0.717) is 23.5 Å². The fraction of sp³-hybridized carbons (Fsp3) is 0.579. The predicted octanol–water partition coefficient (Wildman–Crippen LogP) is 2.09. The van der Waals surface area contributed by atoms with Crippen molar-refractivity contribution in [3.8, 4) is 5.75 Å². The van der Waals surface area contributed by atoms with E-state index in [2.05, 4.69) is 42.7 Å². The second kappa shape index (κ2) is 10.3. The maximum absolute atomic E-state index is 10.9. The Morgan fingerprint density at radius 2 is 2.31 bits per heavy atom. The molecule has 6 nitrogen and oxygen atoms in total. The first kappa shape index (κ1) is 20.4. The molecular weight excluding hydrogens is 348 g/mol. The number of hydrogen-bond donors (Lipinski definition) is 2. The van der Waals surface area contributed by atoms with E-state index in [1.54, 1.807) is 0 Å². The van der Waals surface area contributed by atoms with Crippen LogP contribution in [0.5, 0.6) is 5.75 Å². The van der Waals surface area contributed by atoms with E-state index in [9.17, 15) is 4.79 Å². The molecule has 1 unspecified atom stereocenters. The molecule has 1 aliphatic rings. The SMILES string of the molecule is CCNC(=NCc1cccc(OCC(N)=O)c1)N1CCSC(C(C)C)C1. The Bertz CT molecular complexity index is 621. The summed E-state index contributed by atoms with van der Waals surface area (Å²) >= 11 is 2.06. The molecule has 1 fully saturated rings. The Hall–Kier alpha value is -1.89. The number of nitrogens with two attached hydrogens (primary N) is 1. The van der Waals surface area contributed by atoms with Crippen molar-refractivity contribution in [2.24, 2.45) is 16.6 Å². The van der Waals surface area contributed by atoms with Crippen molar-refractivity contribution in [1.29, 1.82) is 0 Å². The minimum absolute atomic E-state index is 0.114. The lowest BCUT2D eigenvalue weighted by molar-refractivity contribution is -0.119. The van der Waals surface area contributed by atoms with Crippen LogP contribution in [0.25, 0.3) is 0 Å². The zero-order valence-electron chi connectivity index (χ0n) is 15.9. The van der Waals surface area contributed by atoms with Gasteiger partial charge >= 0.3 is 0 Å². The molecule has 0 radical (unpaired) electrons. The van der Waals surface area contributed by atoms with Gasteiger partial charge in [0.2, 0.25) is 0 Å². The molecule has 1 amide bonds. The minimum Gasteiger partial charge on any atom is -0.484 e. The number of nitrogens with zero attached hydrogens (tertiary/aromatic N) is 2. The Kier molecular flexibility index (Phi) is 8.09. The van der Waals surface area contributed by atoms with Crippen LogP contribution in [-0.2, 0) is 11.3 Å². The van der Waals surface area contributed by atoms with Gasteiger partial charge in [-0.1, -0.05) is 26.0 Å². The summed E-state index contributed by atoms with van der Waals surface area (Å²) in [6, 6.07) is 7.63. The Labute approximate surface area is 160 Å². The number of carbonyl (C=O) groups is 1. The van der Waals surface area contributed by atoms with Crippen LogP contribution >= 0.6 is 11.8 Å². The first-order valence-electron chi connectivity index (χ1n) is 9.14. The van der Waals surface area contributed by atoms with Crippen LogP contribution in [0.3, 0.4) is 0 Å². The highest BCUT2D eigenvalue weighted by Crippen LogP contribution is 2.25. The Morgan fingerprint density at radius 1 is 1.50 bits per heavy atom. The number of hydrogen-bond acceptors (Lipinski definition) is 4. The van der Waals surface area contributed by atoms with Crippen LogP contribution in [0.15, 0.2) is 29.3 Å². The Morgan fingerprint density at radius 3 is 3.00 bits per heavy atom. The summed E-state index contributed by atoms with van der Waals surface area (Å²) in [4.78, 5) is 18.0. The van der Waals surface area contributed by atoms with Gasteiger partial charge in [-0.3, -0.25) is 4.79 Å². The molecule has 0 aliphatic carbocycles. The smallest absolute Gasteiger partial charge is 0.255 e. The number of nitrogens with one attached hydrogen (secondary N) is 1. The fourth-order valence-corrected chi connectivity index (χ4v) is 4.05. The van der Waals surface area contributed by atoms with E-state index in [-0.39, 0.29) is 6.61 Å². The summed E-state index contributed by atoms with van der Waals surface area (Å²) in [7, 11) is 0. The van der Waals surface area contributed by atoms with E-state index in [0.717, 1.165) is 36.9 Å². The quantitative estimate of drug-likeness (QED) is 0.561. The second-order valence-corrected chi connectivity index (χ2v) is 8.02. The molecule has 1 atom stereocenters. The van der Waals surface area contributed by atoms with E-state index in [4.69, 9.17) is 15.5 Å². The van der Waals surface area contributed by atoms with Crippen LogP contribution in [0, 0.1) is 5.92 Å². The van der Waals surface area contributed by atoms with Crippen molar-refractivity contribution in [2.75, 3.05) is 32.0 Å². The van der Waals surface area contributed by atoms with E-state index < -0.39 is 5.91 Å². The molecule has 1 aliphatic heterocycles. The molecular formula is C19H30N4O2S. The second-order valence-electron chi connectivity index (χ2n) is 6.67. The molecule has 26 heavy (non-hydrogen) atoms. The number of ether oxygens (including phenoxy) is 1. The normalized spacial score (nSPS) is 18.1. The molecule has 0 aromatic heterocycles. The van der Waals surface area contributed by atoms with Gasteiger partial charge in [-0.05, 0) is 30.5 Å². The monoisotopic (exact) mass is 378 g/mol. The van der Waals surface area contributed by atoms with Gasteiger partial charge < -0.3 is 20.7 Å². The van der Waals surface area contributed by atoms with Crippen LogP contribution < -0.4 is 15.8 Å². The van der Waals surface area contributed by atoms with Crippen LogP contribution in [0.4, 0.5) is 0 Å². The molecule has 2 rings (SSSR count). The van der Waals surface area contributed by atoms with Crippen molar-refractivity contribution in [3.05, 3.63) is 29.8 Å². The van der Waals surface area contributed by atoms with Gasteiger partial charge in [-0.2, -0.15) is 11.8 Å². The van der Waals surface area contributed by atoms with Gasteiger partial charge in [0, 0.05) is 30.6 Å². The lowest BCUT2D eigenvalue weighted by Crippen LogP contribution is -2.49. The maximum Gasteiger partial charge on any atom is 0.255 e. The highest BCUT2D eigenvalue weighted by Gasteiger charge is 2.24. The number of thioether (sulfide) groups is 1. The summed E-state index contributed by atoms with van der Waals surface area (Å²) in [5.41, 5.74) is 6.16. The molecule has 1 aromatic rings. The third-order valence-electron chi connectivity index (χ3n) is 4.16. The number of aliphatic imine (C=N–C) groups is 1. The van der Waals surface area contributed by atoms with E-state index in [1.165, 1.54) is 0 Å². The number of primary amides is 1. The molecule has 7 heteroatoms. The number of guanidine groups is 1. The van der Waals surface area contributed by atoms with Gasteiger partial charge in [0.15, 0.2) is 12.6 Å². The molecule has 1 heterocycles. The number of carbonyl (C=O) groups excluding carboxylic acids is 1. The van der Waals surface area contributed by atoms with Crippen molar-refractivity contribution >= 4 is 23.6 Å². The zero-order chi connectivity index (χ0) is 18.9. The number of rotatable bonds is 7. The van der Waals surface area contributed by atoms with Gasteiger partial charge in [0.05, 0.1) is 6.54 Å². The van der Waals surface area contributed by atoms with Gasteiger partial charge in [0.1, 0.15) is 5.75 Å². The van der Waals surface area contributed by atoms with E-state index >= 15 is 0 Å². The summed E-state index contributed by atoms with van der Waals surface area (Å²) in [5, 5.41) is 4.05. The summed E-state index contributed by atoms with van der Waals surface area (Å²) in [5.74, 6) is 2.90. The third-order valence-corrected chi connectivity index (χ3v) is 5.70. The van der Waals surface area contributed by atoms with Crippen molar-refractivity contribution in [3.63, 3.8) is 0 Å². The molecule has 0 saturated carbocycles. The lowest BCUT2D eigenvalue weighted by atomic mass is 10.1. The molecule has 144 valence electrons. The van der Waals surface area contributed by atoms with Crippen molar-refractivity contribution in [1.82, 2.24) is 10.2 Å². The molecule has 0 spiro atoms. The largest absolute Gasteiger partial charge is 0.484 e. The van der Waals surface area contributed by atoms with Crippen LogP contribution in [0.2, 0.25) is 0 Å². The topological polar surface area (TPSA) is 80.0 Å². The fourth-order valence-electron chi connectivity index (χ4n) is 2.75. The van der Waals surface area contributed by atoms with E-state index in [1.807, 2.05) is 24.3 Å². The average molecular weight is 379 g/mol. The minimum atomic E-state index is -0.481. The summed E-state index contributed by atoms with van der Waals surface area (Å²) in [6.45, 7) is 9.98. The third kappa shape index (κ3) is 6.44. The lowest BCUT2D eigenvalue weighted by Gasteiger charge is -2.36. The van der Waals surface area contributed by atoms with Crippen LogP contribution in [-0.4, -0.2) is 54.0 Å². The molecule has 0 bridgehead atoms. The van der Waals surface area contributed by atoms with Crippen molar-refractivity contribution in [2.45, 2.75) is 32.6 Å². The standard InChI is InChI=1S/C19H30N4O2S/c1-4-21-19(23-8-9-26-17(12-23)14(2)3)22-11-15-6-5-7-16(10-15)25-13-18(20)24/h5-7,10,14,17H,4,8-9,11-13H2,1-3H3,(H2,20,24)(H,21,22). The average Bonchev–Trinajstić information content (AvgIpc) is 2.64. The summed E-state index contributed by atoms with van der Waals surface area (Å²) in [6.07, 6.45) is 0. The van der Waals surface area contributed by atoms with Crippen molar-refractivity contribution < 1.29 is 9.53 Å². The zero-order valence-corrected chi connectivity index (χ0v) is 16.7. The Balaban J connectivity index is 2.04. The van der Waals surface area contributed by atoms with Gasteiger partial charge in [0.25, 0.3) is 5.91 Å². The predicted molar refractivity (Wildman–Crippen MR) is 109 cm³/mol. The molecule has 3 N–H and O–H groups in total. The van der Waals surface area contributed by atoms with Crippen LogP contribution in [0.1, 0.15) is 26.3 Å². The maximum atomic E-state index is 10.9. The number of benzene rings is 1. The number of amides is 1. The first-order chi connectivity index (χ1) is 12.5. The van der Waals surface area contributed by atoms with Gasteiger partial charge in [-0.15, -0.1) is 0 Å². The summed E-state index contributed by atoms with van der Waals surface area (Å²) < 4.78 is 5.37. The highest BCUT2D eigenvalue weighted by molar-refractivity contribution is 8.00. The molecule has 1 aromatic carbocycles. The van der Waals surface area contributed by atoms with Gasteiger partial charge in [-0.25, -0.2) is 4.99 Å².